The second-order valence-electron chi connectivity index (χ2n) is 11.6. The van der Waals surface area contributed by atoms with Gasteiger partial charge in [0.25, 0.3) is 0 Å². The maximum Gasteiger partial charge on any atom is 0.407 e. The Kier molecular flexibility index (Phi) is 6.76. The van der Waals surface area contributed by atoms with Crippen LogP contribution in [0.1, 0.15) is 39.2 Å². The van der Waals surface area contributed by atoms with Crippen molar-refractivity contribution >= 4 is 31.8 Å². The Balaban J connectivity index is 1.52. The van der Waals surface area contributed by atoms with Crippen LogP contribution < -0.4 is 4.90 Å². The molecule has 1 amide bonds. The van der Waals surface area contributed by atoms with Crippen LogP contribution in [0, 0.1) is 0 Å². The van der Waals surface area contributed by atoms with Crippen LogP contribution in [0.25, 0.3) is 5.57 Å². The van der Waals surface area contributed by atoms with Crippen molar-refractivity contribution in [2.75, 3.05) is 38.1 Å². The van der Waals surface area contributed by atoms with Crippen molar-refractivity contribution in [2.45, 2.75) is 69.9 Å². The minimum absolute atomic E-state index is 0.0607. The summed E-state index contributed by atoms with van der Waals surface area (Å²) in [7, 11) is 0.0478. The minimum atomic E-state index is -1.83. The van der Waals surface area contributed by atoms with E-state index in [1.165, 1.54) is 4.90 Å². The molecule has 0 spiro atoms. The highest BCUT2D eigenvalue weighted by Crippen LogP contribution is 2.39. The zero-order valence-corrected chi connectivity index (χ0v) is 22.6. The lowest BCUT2D eigenvalue weighted by molar-refractivity contribution is -0.134. The van der Waals surface area contributed by atoms with Crippen molar-refractivity contribution in [3.8, 4) is 0 Å². The number of likely N-dealkylation sites (N-methyl/N-ethyl adjacent to an activating group) is 1. The average molecular weight is 503 g/mol. The van der Waals surface area contributed by atoms with Crippen LogP contribution in [0.2, 0.25) is 18.1 Å². The molecule has 1 aromatic rings. The van der Waals surface area contributed by atoms with Gasteiger partial charge in [0.15, 0.2) is 8.32 Å². The monoisotopic (exact) mass is 502 g/mol. The number of pyridine rings is 1. The maximum absolute atomic E-state index is 12.3. The highest BCUT2D eigenvalue weighted by Gasteiger charge is 2.44. The molecule has 3 aliphatic rings. The first-order chi connectivity index (χ1) is 16.3. The van der Waals surface area contributed by atoms with E-state index in [-0.39, 0.29) is 29.3 Å². The number of carbonyl (C=O) groups is 2. The molecule has 10 heteroatoms. The van der Waals surface area contributed by atoms with Gasteiger partial charge in [0.1, 0.15) is 5.82 Å². The first kappa shape index (κ1) is 25.7. The number of fused-ring (bicyclic) bond motifs is 2. The van der Waals surface area contributed by atoms with E-state index in [9.17, 15) is 19.8 Å². The Morgan fingerprint density at radius 2 is 1.86 bits per heavy atom. The van der Waals surface area contributed by atoms with Crippen LogP contribution in [-0.4, -0.2) is 96.8 Å². The van der Waals surface area contributed by atoms with Crippen LogP contribution in [0.4, 0.5) is 10.6 Å². The summed E-state index contributed by atoms with van der Waals surface area (Å²) in [6.45, 7) is 13.5. The van der Waals surface area contributed by atoms with Crippen molar-refractivity contribution < 1.29 is 24.2 Å². The third-order valence-corrected chi connectivity index (χ3v) is 12.9. The van der Waals surface area contributed by atoms with E-state index in [0.717, 1.165) is 36.5 Å². The molecule has 0 aromatic carbocycles. The van der Waals surface area contributed by atoms with Crippen LogP contribution in [-0.2, 0) is 9.22 Å². The SMILES string of the molecule is CN1[C@H]2CC(c3ccc(N4CC[C@H](O[Si](C)(C)C(C)(C)C)C4)nc3)=C(C(=O)O)[C@@H]1CN(C(=O)O)C2. The number of carboxylic acids is 1. The predicted octanol–water partition coefficient (Wildman–Crippen LogP) is 3.59. The Labute approximate surface area is 208 Å². The largest absolute Gasteiger partial charge is 0.478 e. The first-order valence-electron chi connectivity index (χ1n) is 12.3. The van der Waals surface area contributed by atoms with Gasteiger partial charge in [0.2, 0.25) is 0 Å². The summed E-state index contributed by atoms with van der Waals surface area (Å²) in [5.41, 5.74) is 1.83. The van der Waals surface area contributed by atoms with Gasteiger partial charge in [0, 0.05) is 38.4 Å². The molecule has 192 valence electrons. The van der Waals surface area contributed by atoms with Crippen molar-refractivity contribution in [1.82, 2.24) is 14.8 Å². The number of hydrogen-bond acceptors (Lipinski definition) is 6. The molecule has 1 aromatic heterocycles. The summed E-state index contributed by atoms with van der Waals surface area (Å²) >= 11 is 0. The maximum atomic E-state index is 12.3. The molecule has 4 rings (SSSR count). The number of rotatable bonds is 5. The Morgan fingerprint density at radius 1 is 1.14 bits per heavy atom. The van der Waals surface area contributed by atoms with Crippen LogP contribution in [0.3, 0.4) is 0 Å². The van der Waals surface area contributed by atoms with Gasteiger partial charge in [-0.1, -0.05) is 20.8 Å². The highest BCUT2D eigenvalue weighted by molar-refractivity contribution is 6.74. The fourth-order valence-corrected chi connectivity index (χ4v) is 6.56. The van der Waals surface area contributed by atoms with Crippen molar-refractivity contribution in [3.05, 3.63) is 29.5 Å². The van der Waals surface area contributed by atoms with Gasteiger partial charge in [0.05, 0.1) is 17.7 Å². The molecule has 35 heavy (non-hydrogen) atoms. The van der Waals surface area contributed by atoms with Gasteiger partial charge >= 0.3 is 12.1 Å². The highest BCUT2D eigenvalue weighted by atomic mass is 28.4. The minimum Gasteiger partial charge on any atom is -0.478 e. The summed E-state index contributed by atoms with van der Waals surface area (Å²) in [6, 6.07) is 3.39. The van der Waals surface area contributed by atoms with E-state index in [2.05, 4.69) is 38.8 Å². The fourth-order valence-electron chi connectivity index (χ4n) is 5.18. The number of piperazine rings is 1. The Hall–Kier alpha value is -2.43. The molecule has 2 bridgehead atoms. The van der Waals surface area contributed by atoms with E-state index >= 15 is 0 Å². The van der Waals surface area contributed by atoms with E-state index in [1.807, 2.05) is 24.1 Å². The number of carboxylic acid groups (broad SMARTS) is 2. The molecule has 9 nitrogen and oxygen atoms in total. The lowest BCUT2D eigenvalue weighted by Gasteiger charge is -2.48. The lowest BCUT2D eigenvalue weighted by atomic mass is 9.82. The first-order valence-corrected chi connectivity index (χ1v) is 15.2. The zero-order chi connectivity index (χ0) is 25.7. The summed E-state index contributed by atoms with van der Waals surface area (Å²) < 4.78 is 6.60. The quantitative estimate of drug-likeness (QED) is 0.589. The van der Waals surface area contributed by atoms with Gasteiger partial charge in [-0.2, -0.15) is 0 Å². The summed E-state index contributed by atoms with van der Waals surface area (Å²) in [4.78, 5) is 34.1. The number of nitrogens with zero attached hydrogens (tertiary/aromatic N) is 4. The van der Waals surface area contributed by atoms with Gasteiger partial charge < -0.3 is 24.4 Å². The average Bonchev–Trinajstić information content (AvgIpc) is 3.20. The standard InChI is InChI=1S/C25H38N4O5Si/c1-25(2,3)35(5,6)34-18-9-10-28(14-18)21-8-7-16(12-26-21)19-11-17-13-29(24(32)33)15-20(27(17)4)22(19)23(30)31/h7-8,12,17-18,20H,9-11,13-15H2,1-6H3,(H,30,31)(H,32,33)/t17-,18-,20-/m0/s1. The summed E-state index contributed by atoms with van der Waals surface area (Å²) in [6.07, 6.45) is 2.41. The zero-order valence-electron chi connectivity index (χ0n) is 21.6. The van der Waals surface area contributed by atoms with Crippen molar-refractivity contribution in [1.29, 1.82) is 0 Å². The molecule has 0 aliphatic carbocycles. The summed E-state index contributed by atoms with van der Waals surface area (Å²) in [5, 5.41) is 19.7. The molecule has 2 N–H and O–H groups in total. The molecular weight excluding hydrogens is 464 g/mol. The molecular formula is C25H38N4O5Si. The number of hydrogen-bond donors (Lipinski definition) is 2. The molecule has 0 unspecified atom stereocenters. The Bertz CT molecular complexity index is 1020. The van der Waals surface area contributed by atoms with Crippen molar-refractivity contribution in [2.24, 2.45) is 0 Å². The third kappa shape index (κ3) is 4.96. The van der Waals surface area contributed by atoms with Crippen LogP contribution >= 0.6 is 0 Å². The second kappa shape index (κ2) is 9.22. The van der Waals surface area contributed by atoms with Gasteiger partial charge in [-0.25, -0.2) is 14.6 Å². The van der Waals surface area contributed by atoms with Crippen LogP contribution in [0.15, 0.2) is 23.9 Å². The van der Waals surface area contributed by atoms with Crippen LogP contribution in [0.5, 0.6) is 0 Å². The molecule has 3 aliphatic heterocycles. The van der Waals surface area contributed by atoms with Gasteiger partial charge in [-0.3, -0.25) is 4.90 Å². The topological polar surface area (TPSA) is 106 Å². The molecule has 2 fully saturated rings. The number of aromatic nitrogens is 1. The normalized spacial score (nSPS) is 25.8. The Morgan fingerprint density at radius 3 is 2.43 bits per heavy atom. The molecule has 2 saturated heterocycles. The van der Waals surface area contributed by atoms with Crippen molar-refractivity contribution in [3.63, 3.8) is 0 Å². The second-order valence-corrected chi connectivity index (χ2v) is 16.3. The fraction of sp³-hybridized carbons (Fsp3) is 0.640. The molecule has 4 heterocycles. The number of anilines is 1. The number of amides is 1. The third-order valence-electron chi connectivity index (χ3n) is 8.32. The van der Waals surface area contributed by atoms with E-state index in [0.29, 0.717) is 13.0 Å². The smallest absolute Gasteiger partial charge is 0.407 e. The molecule has 3 atom stereocenters. The van der Waals surface area contributed by atoms with Gasteiger partial charge in [-0.15, -0.1) is 0 Å². The predicted molar refractivity (Wildman–Crippen MR) is 137 cm³/mol. The lowest BCUT2D eigenvalue weighted by Crippen LogP contribution is -2.61. The molecule has 0 radical (unpaired) electrons. The van der Waals surface area contributed by atoms with E-state index < -0.39 is 26.4 Å². The van der Waals surface area contributed by atoms with E-state index in [4.69, 9.17) is 9.41 Å². The molecule has 0 saturated carbocycles. The number of aliphatic carboxylic acids is 1. The van der Waals surface area contributed by atoms with E-state index in [1.54, 1.807) is 6.20 Å². The summed E-state index contributed by atoms with van der Waals surface area (Å²) in [5.74, 6) is -0.130. The van der Waals surface area contributed by atoms with Gasteiger partial charge in [-0.05, 0) is 61.3 Å².